The number of aryl methyl sites for hydroxylation is 1. The Balaban J connectivity index is 0.00000256. The van der Waals surface area contributed by atoms with Gasteiger partial charge in [-0.3, -0.25) is 0 Å². The molecule has 96 valence electrons. The number of hydrogen-bond acceptors (Lipinski definition) is 1. The van der Waals surface area contributed by atoms with E-state index in [0.717, 1.165) is 11.1 Å². The summed E-state index contributed by atoms with van der Waals surface area (Å²) in [6.45, 7) is 14.9. The predicted molar refractivity (Wildman–Crippen MR) is 80.2 cm³/mol. The smallest absolute Gasteiger partial charge is 0.187 e. The Morgan fingerprint density at radius 3 is 1.35 bits per heavy atom. The zero-order valence-corrected chi connectivity index (χ0v) is 11.6. The summed E-state index contributed by atoms with van der Waals surface area (Å²) < 4.78 is 0. The van der Waals surface area contributed by atoms with E-state index in [4.69, 9.17) is 0 Å². The minimum atomic E-state index is -0.0178. The van der Waals surface area contributed by atoms with E-state index in [0.29, 0.717) is 5.75 Å². The van der Waals surface area contributed by atoms with Crippen LogP contribution in [0.15, 0.2) is 12.1 Å². The molecule has 0 spiro atoms. The van der Waals surface area contributed by atoms with Crippen molar-refractivity contribution >= 4 is 17.4 Å². The van der Waals surface area contributed by atoms with Crippen molar-refractivity contribution in [1.29, 1.82) is 0 Å². The second-order valence-electron chi connectivity index (χ2n) is 6.71. The normalized spacial score (nSPS) is 12.2. The highest BCUT2D eigenvalue weighted by molar-refractivity contribution is 5.75. The molecule has 0 atom stereocenters. The second-order valence-corrected chi connectivity index (χ2v) is 6.71. The third-order valence-electron chi connectivity index (χ3n) is 2.87. The van der Waals surface area contributed by atoms with Gasteiger partial charge in [0, 0.05) is 0 Å². The molecule has 1 aromatic rings. The van der Waals surface area contributed by atoms with Crippen LogP contribution >= 0.6 is 0 Å². The Morgan fingerprint density at radius 2 is 1.12 bits per heavy atom. The van der Waals surface area contributed by atoms with E-state index < -0.39 is 0 Å². The molecule has 0 bridgehead atoms. The Bertz CT molecular complexity index is 359. The van der Waals surface area contributed by atoms with Crippen LogP contribution < -0.4 is 0 Å². The van der Waals surface area contributed by atoms with Crippen LogP contribution in [0, 0.1) is 6.92 Å². The third kappa shape index (κ3) is 3.76. The lowest BCUT2D eigenvalue weighted by atomic mass is 9.78. The molecule has 2 heteroatoms. The summed E-state index contributed by atoms with van der Waals surface area (Å²) in [6.07, 6.45) is 0. The van der Waals surface area contributed by atoms with Crippen LogP contribution in [-0.4, -0.2) is 22.5 Å². The van der Waals surface area contributed by atoms with Gasteiger partial charge in [-0.1, -0.05) is 59.2 Å². The SMILES string of the molecule is Cc1cc(C(C)(C)C)c(O)c(C(C)(C)C)c1.[AlH3]. The first kappa shape index (κ1) is 16.6. The minimum Gasteiger partial charge on any atom is -0.507 e. The highest BCUT2D eigenvalue weighted by Gasteiger charge is 2.25. The third-order valence-corrected chi connectivity index (χ3v) is 2.87. The number of phenols is 1. The number of rotatable bonds is 0. The number of phenolic OH excluding ortho intramolecular Hbond substituents is 1. The molecule has 1 N–H and O–H groups in total. The van der Waals surface area contributed by atoms with E-state index in [1.54, 1.807) is 0 Å². The standard InChI is InChI=1S/C15H24O.Al.3H/c1-10-8-11(14(2,3)4)13(16)12(9-10)15(5,6)7;;;;/h8-9,16H,1-7H3;;;;. The van der Waals surface area contributed by atoms with Gasteiger partial charge in [-0.2, -0.15) is 0 Å². The van der Waals surface area contributed by atoms with Crippen molar-refractivity contribution in [2.45, 2.75) is 59.3 Å². The van der Waals surface area contributed by atoms with Crippen molar-refractivity contribution in [3.63, 3.8) is 0 Å². The van der Waals surface area contributed by atoms with Crippen molar-refractivity contribution < 1.29 is 5.11 Å². The molecule has 0 unspecified atom stereocenters. The van der Waals surface area contributed by atoms with E-state index in [1.165, 1.54) is 5.56 Å². The molecule has 0 heterocycles. The second kappa shape index (κ2) is 5.04. The van der Waals surface area contributed by atoms with Crippen LogP contribution in [0.4, 0.5) is 0 Å². The fourth-order valence-electron chi connectivity index (χ4n) is 1.92. The molecule has 0 aliphatic rings. The molecule has 0 fully saturated rings. The number of benzene rings is 1. The largest absolute Gasteiger partial charge is 0.507 e. The average molecular weight is 250 g/mol. The highest BCUT2D eigenvalue weighted by atomic mass is 27.0. The Labute approximate surface area is 116 Å². The predicted octanol–water partition coefficient (Wildman–Crippen LogP) is 3.11. The van der Waals surface area contributed by atoms with Crippen LogP contribution in [0.3, 0.4) is 0 Å². The van der Waals surface area contributed by atoms with Gasteiger partial charge in [0.2, 0.25) is 0 Å². The number of aromatic hydroxyl groups is 1. The maximum atomic E-state index is 10.4. The van der Waals surface area contributed by atoms with Crippen LogP contribution in [0.5, 0.6) is 5.75 Å². The van der Waals surface area contributed by atoms with E-state index >= 15 is 0 Å². The van der Waals surface area contributed by atoms with Gasteiger partial charge in [0.1, 0.15) is 5.75 Å². The molecule has 1 aromatic carbocycles. The van der Waals surface area contributed by atoms with E-state index in [2.05, 4.69) is 60.6 Å². The first-order chi connectivity index (χ1) is 7.03. The lowest BCUT2D eigenvalue weighted by Gasteiger charge is -2.27. The van der Waals surface area contributed by atoms with E-state index in [9.17, 15) is 5.11 Å². The summed E-state index contributed by atoms with van der Waals surface area (Å²) >= 11 is 0. The van der Waals surface area contributed by atoms with Gasteiger partial charge in [0.05, 0.1) is 0 Å². The van der Waals surface area contributed by atoms with Gasteiger partial charge < -0.3 is 5.11 Å². The molecule has 17 heavy (non-hydrogen) atoms. The summed E-state index contributed by atoms with van der Waals surface area (Å²) in [5.74, 6) is 0.464. The molecule has 0 aliphatic heterocycles. The molecule has 0 aromatic heterocycles. The fourth-order valence-corrected chi connectivity index (χ4v) is 1.92. The lowest BCUT2D eigenvalue weighted by molar-refractivity contribution is 0.423. The molecule has 0 amide bonds. The monoisotopic (exact) mass is 250 g/mol. The van der Waals surface area contributed by atoms with Crippen LogP contribution in [0.25, 0.3) is 0 Å². The van der Waals surface area contributed by atoms with Crippen molar-refractivity contribution in [3.8, 4) is 5.75 Å². The van der Waals surface area contributed by atoms with Crippen molar-refractivity contribution in [2.24, 2.45) is 0 Å². The molecular formula is C15H27AlO. The van der Waals surface area contributed by atoms with Crippen molar-refractivity contribution in [2.75, 3.05) is 0 Å². The molecule has 0 aliphatic carbocycles. The maximum Gasteiger partial charge on any atom is 0.187 e. The molecular weight excluding hydrogens is 223 g/mol. The zero-order chi connectivity index (χ0) is 12.7. The molecule has 0 radical (unpaired) electrons. The minimum absolute atomic E-state index is 0. The Hall–Kier alpha value is -0.448. The maximum absolute atomic E-state index is 10.4. The lowest BCUT2D eigenvalue weighted by Crippen LogP contribution is -2.17. The van der Waals surface area contributed by atoms with Gasteiger partial charge in [-0.05, 0) is 28.9 Å². The highest BCUT2D eigenvalue weighted by Crippen LogP contribution is 2.39. The van der Waals surface area contributed by atoms with Gasteiger partial charge >= 0.3 is 0 Å². The molecule has 1 nitrogen and oxygen atoms in total. The Kier molecular flexibility index (Phi) is 4.91. The fraction of sp³-hybridized carbons (Fsp3) is 0.600. The topological polar surface area (TPSA) is 20.2 Å². The van der Waals surface area contributed by atoms with Crippen molar-refractivity contribution in [3.05, 3.63) is 28.8 Å². The quantitative estimate of drug-likeness (QED) is 0.701. The van der Waals surface area contributed by atoms with Gasteiger partial charge in [-0.25, -0.2) is 0 Å². The Morgan fingerprint density at radius 1 is 0.824 bits per heavy atom. The van der Waals surface area contributed by atoms with E-state index in [1.807, 2.05) is 0 Å². The van der Waals surface area contributed by atoms with Gasteiger partial charge in [0.25, 0.3) is 0 Å². The first-order valence-corrected chi connectivity index (χ1v) is 5.88. The summed E-state index contributed by atoms with van der Waals surface area (Å²) in [7, 11) is 0. The summed E-state index contributed by atoms with van der Waals surface area (Å²) in [5.41, 5.74) is 3.26. The van der Waals surface area contributed by atoms with Crippen molar-refractivity contribution in [1.82, 2.24) is 0 Å². The van der Waals surface area contributed by atoms with Gasteiger partial charge in [-0.15, -0.1) is 0 Å². The summed E-state index contributed by atoms with van der Waals surface area (Å²) in [4.78, 5) is 0. The van der Waals surface area contributed by atoms with Gasteiger partial charge in [0.15, 0.2) is 17.4 Å². The zero-order valence-electron chi connectivity index (χ0n) is 11.6. The van der Waals surface area contributed by atoms with Crippen LogP contribution in [0.1, 0.15) is 58.2 Å². The van der Waals surface area contributed by atoms with E-state index in [-0.39, 0.29) is 28.2 Å². The average Bonchev–Trinajstić information content (AvgIpc) is 2.04. The molecule has 0 saturated carbocycles. The summed E-state index contributed by atoms with van der Waals surface area (Å²) in [5, 5.41) is 10.4. The molecule has 0 saturated heterocycles. The van der Waals surface area contributed by atoms with Crippen LogP contribution in [-0.2, 0) is 10.8 Å². The molecule has 1 rings (SSSR count). The first-order valence-electron chi connectivity index (χ1n) is 5.88. The summed E-state index contributed by atoms with van der Waals surface area (Å²) in [6, 6.07) is 4.18. The van der Waals surface area contributed by atoms with Crippen LogP contribution in [0.2, 0.25) is 0 Å². The number of hydrogen-bond donors (Lipinski definition) is 1.